The maximum atomic E-state index is 12.4. The van der Waals surface area contributed by atoms with Gasteiger partial charge in [0.25, 0.3) is 0 Å². The lowest BCUT2D eigenvalue weighted by Crippen LogP contribution is -2.41. The predicted molar refractivity (Wildman–Crippen MR) is 92.8 cm³/mol. The first-order valence-corrected chi connectivity index (χ1v) is 8.64. The first-order chi connectivity index (χ1) is 11.7. The molecule has 0 bridgehead atoms. The summed E-state index contributed by atoms with van der Waals surface area (Å²) < 4.78 is 7.84. The Labute approximate surface area is 143 Å². The van der Waals surface area contributed by atoms with E-state index in [4.69, 9.17) is 4.74 Å². The molecular weight excluding hydrogens is 302 g/mol. The number of piperidine rings is 1. The van der Waals surface area contributed by atoms with Crippen molar-refractivity contribution < 1.29 is 9.53 Å². The van der Waals surface area contributed by atoms with Crippen molar-refractivity contribution in [2.75, 3.05) is 19.7 Å². The topological polar surface area (TPSA) is 47.4 Å². The molecule has 2 heterocycles. The van der Waals surface area contributed by atoms with Crippen LogP contribution in [0, 0.1) is 12.8 Å². The van der Waals surface area contributed by atoms with Gasteiger partial charge in [0.15, 0.2) is 0 Å². The molecule has 1 aromatic carbocycles. The Kier molecular flexibility index (Phi) is 5.51. The monoisotopic (exact) mass is 327 g/mol. The van der Waals surface area contributed by atoms with Crippen molar-refractivity contribution in [3.63, 3.8) is 0 Å². The normalized spacial score (nSPS) is 17.7. The summed E-state index contributed by atoms with van der Waals surface area (Å²) in [7, 11) is 0. The van der Waals surface area contributed by atoms with E-state index in [0.717, 1.165) is 31.7 Å². The lowest BCUT2D eigenvalue weighted by molar-refractivity contribution is -0.133. The second-order valence-electron chi connectivity index (χ2n) is 6.52. The number of likely N-dealkylation sites (tertiary alicyclic amines) is 1. The molecule has 1 atom stereocenters. The molecule has 0 saturated carbocycles. The minimum absolute atomic E-state index is 0.226. The van der Waals surface area contributed by atoms with Crippen molar-refractivity contribution in [1.82, 2.24) is 14.5 Å². The molecule has 0 radical (unpaired) electrons. The van der Waals surface area contributed by atoms with Gasteiger partial charge in [-0.3, -0.25) is 4.79 Å². The number of carbonyl (C=O) groups excluding carboxylic acids is 1. The van der Waals surface area contributed by atoms with Crippen LogP contribution in [0.3, 0.4) is 0 Å². The number of aryl methyl sites for hydroxylation is 2. The SMILES string of the molecule is Cc1ccc(OC[C@H]2CCCN(C(=O)CCn3ccnc3)C2)cc1. The van der Waals surface area contributed by atoms with Gasteiger partial charge in [-0.05, 0) is 31.9 Å². The Bertz CT molecular complexity index is 637. The lowest BCUT2D eigenvalue weighted by Gasteiger charge is -2.32. The molecule has 1 saturated heterocycles. The average molecular weight is 327 g/mol. The summed E-state index contributed by atoms with van der Waals surface area (Å²) in [4.78, 5) is 18.4. The Hall–Kier alpha value is -2.30. The van der Waals surface area contributed by atoms with E-state index < -0.39 is 0 Å². The van der Waals surface area contributed by atoms with Crippen molar-refractivity contribution in [2.24, 2.45) is 5.92 Å². The van der Waals surface area contributed by atoms with E-state index in [1.165, 1.54) is 5.56 Å². The molecule has 1 fully saturated rings. The van der Waals surface area contributed by atoms with Gasteiger partial charge in [0, 0.05) is 44.4 Å². The molecule has 1 aliphatic heterocycles. The van der Waals surface area contributed by atoms with Gasteiger partial charge in [0.1, 0.15) is 5.75 Å². The third kappa shape index (κ3) is 4.60. The number of benzene rings is 1. The van der Waals surface area contributed by atoms with Gasteiger partial charge in [0.05, 0.1) is 12.9 Å². The zero-order valence-electron chi connectivity index (χ0n) is 14.2. The van der Waals surface area contributed by atoms with E-state index in [0.29, 0.717) is 25.5 Å². The molecule has 0 unspecified atom stereocenters. The van der Waals surface area contributed by atoms with E-state index in [1.807, 2.05) is 27.8 Å². The van der Waals surface area contributed by atoms with Gasteiger partial charge in [0.2, 0.25) is 5.91 Å². The number of carbonyl (C=O) groups is 1. The van der Waals surface area contributed by atoms with Gasteiger partial charge < -0.3 is 14.2 Å². The molecule has 128 valence electrons. The molecule has 24 heavy (non-hydrogen) atoms. The Morgan fingerprint density at radius 1 is 1.33 bits per heavy atom. The van der Waals surface area contributed by atoms with Gasteiger partial charge in [-0.1, -0.05) is 17.7 Å². The highest BCUT2D eigenvalue weighted by molar-refractivity contribution is 5.76. The summed E-state index contributed by atoms with van der Waals surface area (Å²) in [6.45, 7) is 5.10. The maximum absolute atomic E-state index is 12.4. The number of hydrogen-bond acceptors (Lipinski definition) is 3. The first kappa shape index (κ1) is 16.6. The smallest absolute Gasteiger partial charge is 0.224 e. The minimum Gasteiger partial charge on any atom is -0.493 e. The minimum atomic E-state index is 0.226. The van der Waals surface area contributed by atoms with Crippen LogP contribution in [0.15, 0.2) is 43.0 Å². The highest BCUT2D eigenvalue weighted by atomic mass is 16.5. The standard InChI is InChI=1S/C19H25N3O2/c1-16-4-6-18(7-5-16)24-14-17-3-2-10-22(13-17)19(23)8-11-21-12-9-20-15-21/h4-7,9,12,15,17H,2-3,8,10-11,13-14H2,1H3/t17-/m0/s1. The fourth-order valence-electron chi connectivity index (χ4n) is 3.08. The molecule has 1 aliphatic rings. The van der Waals surface area contributed by atoms with Crippen LogP contribution >= 0.6 is 0 Å². The number of rotatable bonds is 6. The van der Waals surface area contributed by atoms with Crippen LogP contribution in [0.5, 0.6) is 5.75 Å². The van der Waals surface area contributed by atoms with Crippen LogP contribution in [0.2, 0.25) is 0 Å². The van der Waals surface area contributed by atoms with Crippen molar-refractivity contribution >= 4 is 5.91 Å². The zero-order chi connectivity index (χ0) is 16.8. The fourth-order valence-corrected chi connectivity index (χ4v) is 3.08. The van der Waals surface area contributed by atoms with Gasteiger partial charge in [-0.2, -0.15) is 0 Å². The van der Waals surface area contributed by atoms with Crippen molar-refractivity contribution in [3.05, 3.63) is 48.5 Å². The first-order valence-electron chi connectivity index (χ1n) is 8.64. The van der Waals surface area contributed by atoms with Crippen LogP contribution in [0.1, 0.15) is 24.8 Å². The van der Waals surface area contributed by atoms with E-state index in [9.17, 15) is 4.79 Å². The molecular formula is C19H25N3O2. The van der Waals surface area contributed by atoms with Crippen LogP contribution in [-0.2, 0) is 11.3 Å². The lowest BCUT2D eigenvalue weighted by atomic mass is 9.98. The second-order valence-corrected chi connectivity index (χ2v) is 6.52. The molecule has 3 rings (SSSR count). The largest absolute Gasteiger partial charge is 0.493 e. The molecule has 1 amide bonds. The number of ether oxygens (including phenoxy) is 1. The van der Waals surface area contributed by atoms with E-state index in [-0.39, 0.29) is 5.91 Å². The molecule has 0 N–H and O–H groups in total. The van der Waals surface area contributed by atoms with Gasteiger partial charge in [-0.25, -0.2) is 4.98 Å². The molecule has 0 aliphatic carbocycles. The van der Waals surface area contributed by atoms with Crippen LogP contribution in [0.4, 0.5) is 0 Å². The molecule has 1 aromatic heterocycles. The van der Waals surface area contributed by atoms with E-state index in [1.54, 1.807) is 12.5 Å². The number of nitrogens with zero attached hydrogens (tertiary/aromatic N) is 3. The predicted octanol–water partition coefficient (Wildman–Crippen LogP) is 2.90. The third-order valence-corrected chi connectivity index (χ3v) is 4.52. The van der Waals surface area contributed by atoms with Crippen molar-refractivity contribution in [2.45, 2.75) is 32.7 Å². The summed E-state index contributed by atoms with van der Waals surface area (Å²) in [5.41, 5.74) is 1.23. The van der Waals surface area contributed by atoms with Crippen LogP contribution in [-0.4, -0.2) is 40.1 Å². The van der Waals surface area contributed by atoms with Gasteiger partial charge in [-0.15, -0.1) is 0 Å². The molecule has 5 nitrogen and oxygen atoms in total. The average Bonchev–Trinajstić information content (AvgIpc) is 3.13. The molecule has 2 aromatic rings. The maximum Gasteiger partial charge on any atom is 0.224 e. The molecule has 5 heteroatoms. The number of imidazole rings is 1. The number of hydrogen-bond donors (Lipinski definition) is 0. The summed E-state index contributed by atoms with van der Waals surface area (Å²) in [6.07, 6.45) is 8.09. The number of amides is 1. The summed E-state index contributed by atoms with van der Waals surface area (Å²) in [6, 6.07) is 8.13. The Morgan fingerprint density at radius 3 is 2.92 bits per heavy atom. The summed E-state index contributed by atoms with van der Waals surface area (Å²) in [5.74, 6) is 1.55. The highest BCUT2D eigenvalue weighted by Gasteiger charge is 2.23. The second kappa shape index (κ2) is 7.99. The zero-order valence-corrected chi connectivity index (χ0v) is 14.2. The Morgan fingerprint density at radius 2 is 2.17 bits per heavy atom. The quantitative estimate of drug-likeness (QED) is 0.819. The van der Waals surface area contributed by atoms with Crippen LogP contribution < -0.4 is 4.74 Å². The fraction of sp³-hybridized carbons (Fsp3) is 0.474. The summed E-state index contributed by atoms with van der Waals surface area (Å²) in [5, 5.41) is 0. The number of aromatic nitrogens is 2. The summed E-state index contributed by atoms with van der Waals surface area (Å²) >= 11 is 0. The highest BCUT2D eigenvalue weighted by Crippen LogP contribution is 2.20. The van der Waals surface area contributed by atoms with Crippen molar-refractivity contribution in [1.29, 1.82) is 0 Å². The van der Waals surface area contributed by atoms with Crippen molar-refractivity contribution in [3.8, 4) is 5.75 Å². The molecule has 0 spiro atoms. The third-order valence-electron chi connectivity index (χ3n) is 4.52. The van der Waals surface area contributed by atoms with E-state index >= 15 is 0 Å². The van der Waals surface area contributed by atoms with Crippen LogP contribution in [0.25, 0.3) is 0 Å². The Balaban J connectivity index is 1.45. The van der Waals surface area contributed by atoms with E-state index in [2.05, 4.69) is 24.0 Å². The van der Waals surface area contributed by atoms with Gasteiger partial charge >= 0.3 is 0 Å².